The molecule has 3 N–H and O–H groups in total. The lowest BCUT2D eigenvalue weighted by Crippen LogP contribution is -2.24. The molecule has 7 nitrogen and oxygen atoms in total. The molecule has 12 heteroatoms. The van der Waals surface area contributed by atoms with E-state index in [1.165, 1.54) is 24.3 Å². The van der Waals surface area contributed by atoms with Crippen LogP contribution in [0.4, 0.5) is 29.1 Å². The molecule has 0 aliphatic heterocycles. The minimum Gasteiger partial charge on any atom is -0.367 e. The third kappa shape index (κ3) is 8.04. The molecule has 0 bridgehead atoms. The molecular formula is C21H24F4N4O3S. The number of benzene rings is 1. The second-order valence-electron chi connectivity index (χ2n) is 7.61. The average Bonchev–Trinajstić information content (AvgIpc) is 2.66. The summed E-state index contributed by atoms with van der Waals surface area (Å²) in [5.41, 5.74) is -0.621. The molecule has 1 atom stereocenters. The Labute approximate surface area is 189 Å². The first kappa shape index (κ1) is 26.1. The second kappa shape index (κ2) is 10.2. The molecule has 1 heterocycles. The van der Waals surface area contributed by atoms with Crippen molar-refractivity contribution >= 4 is 33.5 Å². The van der Waals surface area contributed by atoms with Crippen LogP contribution in [0.15, 0.2) is 36.4 Å². The Bertz CT molecular complexity index is 1150. The Morgan fingerprint density at radius 3 is 2.33 bits per heavy atom. The highest BCUT2D eigenvalue weighted by Gasteiger charge is 2.33. The van der Waals surface area contributed by atoms with Crippen LogP contribution in [0.2, 0.25) is 0 Å². The Morgan fingerprint density at radius 1 is 1.12 bits per heavy atom. The fourth-order valence-electron chi connectivity index (χ4n) is 2.74. The molecular weight excluding hydrogens is 464 g/mol. The summed E-state index contributed by atoms with van der Waals surface area (Å²) >= 11 is 0. The molecule has 0 saturated heterocycles. The lowest BCUT2D eigenvalue weighted by Gasteiger charge is -2.15. The number of pyridine rings is 1. The molecule has 0 unspecified atom stereocenters. The van der Waals surface area contributed by atoms with E-state index < -0.39 is 39.7 Å². The van der Waals surface area contributed by atoms with Crippen molar-refractivity contribution in [3.05, 3.63) is 59.0 Å². The van der Waals surface area contributed by atoms with Crippen LogP contribution in [0.25, 0.3) is 6.08 Å². The first-order chi connectivity index (χ1) is 15.2. The van der Waals surface area contributed by atoms with E-state index in [9.17, 15) is 30.8 Å². The van der Waals surface area contributed by atoms with E-state index in [0.717, 1.165) is 24.5 Å². The molecule has 0 radical (unpaired) electrons. The highest BCUT2D eigenvalue weighted by molar-refractivity contribution is 7.92. The molecule has 0 spiro atoms. The minimum atomic E-state index is -4.61. The summed E-state index contributed by atoms with van der Waals surface area (Å²) in [5.74, 6) is -1.40. The molecule has 33 heavy (non-hydrogen) atoms. The number of anilines is 2. The topological polar surface area (TPSA) is 100 Å². The van der Waals surface area contributed by atoms with E-state index in [1.807, 2.05) is 4.72 Å². The molecule has 0 aliphatic rings. The van der Waals surface area contributed by atoms with Crippen LogP contribution < -0.4 is 15.4 Å². The number of sulfonamides is 1. The maximum absolute atomic E-state index is 14.2. The maximum Gasteiger partial charge on any atom is 0.433 e. The lowest BCUT2D eigenvalue weighted by atomic mass is 10.1. The number of hydrogen-bond donors (Lipinski definition) is 3. The predicted molar refractivity (Wildman–Crippen MR) is 118 cm³/mol. The minimum absolute atomic E-state index is 0.0204. The van der Waals surface area contributed by atoms with Gasteiger partial charge in [-0.2, -0.15) is 13.2 Å². The number of nitrogens with zero attached hydrogens (tertiary/aromatic N) is 1. The van der Waals surface area contributed by atoms with Gasteiger partial charge in [0.05, 0.1) is 18.0 Å². The van der Waals surface area contributed by atoms with Gasteiger partial charge in [0.25, 0.3) is 0 Å². The van der Waals surface area contributed by atoms with Crippen LogP contribution in [-0.2, 0) is 21.0 Å². The van der Waals surface area contributed by atoms with Gasteiger partial charge < -0.3 is 10.6 Å². The monoisotopic (exact) mass is 488 g/mol. The zero-order valence-corrected chi connectivity index (χ0v) is 19.1. The summed E-state index contributed by atoms with van der Waals surface area (Å²) in [4.78, 5) is 15.9. The van der Waals surface area contributed by atoms with Crippen molar-refractivity contribution in [2.45, 2.75) is 39.0 Å². The van der Waals surface area contributed by atoms with Crippen LogP contribution in [-0.4, -0.2) is 31.6 Å². The first-order valence-electron chi connectivity index (χ1n) is 9.76. The molecule has 1 aromatic heterocycles. The van der Waals surface area contributed by atoms with Gasteiger partial charge in [-0.1, -0.05) is 6.07 Å². The summed E-state index contributed by atoms with van der Waals surface area (Å²) in [5, 5.41) is 5.42. The van der Waals surface area contributed by atoms with E-state index in [0.29, 0.717) is 5.56 Å². The van der Waals surface area contributed by atoms with Crippen LogP contribution >= 0.6 is 0 Å². The maximum atomic E-state index is 14.2. The number of aromatic nitrogens is 1. The molecule has 0 fully saturated rings. The second-order valence-corrected chi connectivity index (χ2v) is 9.36. The van der Waals surface area contributed by atoms with Gasteiger partial charge in [-0.3, -0.25) is 9.52 Å². The van der Waals surface area contributed by atoms with Gasteiger partial charge in [-0.15, -0.1) is 0 Å². The van der Waals surface area contributed by atoms with Crippen LogP contribution in [0.5, 0.6) is 0 Å². The van der Waals surface area contributed by atoms with Crippen molar-refractivity contribution < 1.29 is 30.8 Å². The number of alkyl halides is 3. The van der Waals surface area contributed by atoms with E-state index >= 15 is 0 Å². The zero-order valence-electron chi connectivity index (χ0n) is 18.3. The predicted octanol–water partition coefficient (Wildman–Crippen LogP) is 4.32. The van der Waals surface area contributed by atoms with Gasteiger partial charge >= 0.3 is 6.18 Å². The normalized spacial score (nSPS) is 13.2. The molecule has 1 aromatic carbocycles. The molecule has 0 aliphatic carbocycles. The Morgan fingerprint density at radius 2 is 1.79 bits per heavy atom. The largest absolute Gasteiger partial charge is 0.433 e. The molecule has 180 valence electrons. The smallest absolute Gasteiger partial charge is 0.367 e. The van der Waals surface area contributed by atoms with Crippen molar-refractivity contribution in [3.63, 3.8) is 0 Å². The molecule has 0 saturated carbocycles. The number of rotatable bonds is 8. The van der Waals surface area contributed by atoms with Crippen molar-refractivity contribution in [1.82, 2.24) is 10.3 Å². The number of halogens is 4. The summed E-state index contributed by atoms with van der Waals surface area (Å²) in [6.07, 6.45) is -1.27. The highest BCUT2D eigenvalue weighted by Crippen LogP contribution is 2.30. The fraction of sp³-hybridized carbons (Fsp3) is 0.333. The number of carbonyl (C=O) groups is 1. The third-order valence-electron chi connectivity index (χ3n) is 4.20. The summed E-state index contributed by atoms with van der Waals surface area (Å²) in [6.45, 7) is 5.06. The van der Waals surface area contributed by atoms with Crippen molar-refractivity contribution in [2.24, 2.45) is 0 Å². The highest BCUT2D eigenvalue weighted by atomic mass is 32.2. The van der Waals surface area contributed by atoms with Crippen molar-refractivity contribution in [3.8, 4) is 0 Å². The lowest BCUT2D eigenvalue weighted by molar-refractivity contribution is -0.141. The SMILES string of the molecule is CC(C)Nc1nc(C(F)(F)F)ccc1/C=C/C(=O)N[C@H](C)c1ccc(NS(C)(=O)=O)c(F)c1. The molecule has 2 rings (SSSR count). The van der Waals surface area contributed by atoms with E-state index in [1.54, 1.807) is 20.8 Å². The Kier molecular flexibility index (Phi) is 8.06. The summed E-state index contributed by atoms with van der Waals surface area (Å²) < 4.78 is 77.6. The fourth-order valence-corrected chi connectivity index (χ4v) is 3.31. The molecule has 1 amide bonds. The van der Waals surface area contributed by atoms with Gasteiger partial charge in [0, 0.05) is 17.7 Å². The number of hydrogen-bond acceptors (Lipinski definition) is 5. The van der Waals surface area contributed by atoms with Crippen LogP contribution in [0.3, 0.4) is 0 Å². The van der Waals surface area contributed by atoms with Gasteiger partial charge in [-0.05, 0) is 56.7 Å². The number of carbonyl (C=O) groups excluding carboxylic acids is 1. The third-order valence-corrected chi connectivity index (χ3v) is 4.79. The number of nitrogens with one attached hydrogen (secondary N) is 3. The van der Waals surface area contributed by atoms with Gasteiger partial charge in [0.1, 0.15) is 17.3 Å². The average molecular weight is 489 g/mol. The first-order valence-corrected chi connectivity index (χ1v) is 11.7. The van der Waals surface area contributed by atoms with Crippen LogP contribution in [0, 0.1) is 5.82 Å². The molecule has 2 aromatic rings. The quantitative estimate of drug-likeness (QED) is 0.380. The Hall–Kier alpha value is -3.15. The van der Waals surface area contributed by atoms with Crippen molar-refractivity contribution in [2.75, 3.05) is 16.3 Å². The Balaban J connectivity index is 2.15. The van der Waals surface area contributed by atoms with Crippen LogP contribution in [0.1, 0.15) is 43.6 Å². The zero-order chi connectivity index (χ0) is 25.0. The van der Waals surface area contributed by atoms with E-state index in [-0.39, 0.29) is 23.1 Å². The summed E-state index contributed by atoms with van der Waals surface area (Å²) in [6, 6.07) is 4.97. The number of amides is 1. The van der Waals surface area contributed by atoms with Gasteiger partial charge in [0.15, 0.2) is 0 Å². The van der Waals surface area contributed by atoms with E-state index in [2.05, 4.69) is 15.6 Å². The van der Waals surface area contributed by atoms with Crippen molar-refractivity contribution in [1.29, 1.82) is 0 Å². The standard InChI is InChI=1S/C21H24F4N4O3S/c1-12(2)26-20-14(6-9-18(28-20)21(23,24)25)7-10-19(30)27-13(3)15-5-8-17(16(22)11-15)29-33(4,31)32/h5-13,29H,1-4H3,(H,26,28)(H,27,30)/b10-7+/t13-/m1/s1. The summed E-state index contributed by atoms with van der Waals surface area (Å²) in [7, 11) is -3.65. The van der Waals surface area contributed by atoms with Gasteiger partial charge in [0.2, 0.25) is 15.9 Å². The van der Waals surface area contributed by atoms with E-state index in [4.69, 9.17) is 0 Å². The van der Waals surface area contributed by atoms with Gasteiger partial charge in [-0.25, -0.2) is 17.8 Å².